The van der Waals surface area contributed by atoms with Crippen LogP contribution in [0.25, 0.3) is 0 Å². The van der Waals surface area contributed by atoms with Crippen LogP contribution in [0.2, 0.25) is 0 Å². The van der Waals surface area contributed by atoms with Crippen molar-refractivity contribution in [3.05, 3.63) is 63.7 Å². The molecular weight excluding hydrogens is 294 g/mol. The molecule has 1 amide bonds. The van der Waals surface area contributed by atoms with Crippen LogP contribution in [0.5, 0.6) is 0 Å². The van der Waals surface area contributed by atoms with E-state index in [2.05, 4.69) is 10.6 Å². The number of non-ortho nitro benzene ring substituents is 1. The molecule has 0 heterocycles. The van der Waals surface area contributed by atoms with Crippen LogP contribution in [0.4, 0.5) is 17.1 Å². The molecule has 0 unspecified atom stereocenters. The van der Waals surface area contributed by atoms with E-state index in [0.29, 0.717) is 5.69 Å². The highest BCUT2D eigenvalue weighted by molar-refractivity contribution is 5.93. The number of carbonyl (C=O) groups is 1. The first kappa shape index (κ1) is 16.5. The molecule has 0 aliphatic heterocycles. The van der Waals surface area contributed by atoms with E-state index in [-0.39, 0.29) is 18.1 Å². The van der Waals surface area contributed by atoms with E-state index in [1.165, 1.54) is 12.1 Å². The quantitative estimate of drug-likeness (QED) is 0.631. The lowest BCUT2D eigenvalue weighted by molar-refractivity contribution is -0.384. The van der Waals surface area contributed by atoms with E-state index in [4.69, 9.17) is 0 Å². The number of hydrogen-bond acceptors (Lipinski definition) is 4. The number of nitro benzene ring substituents is 1. The van der Waals surface area contributed by atoms with Gasteiger partial charge in [-0.1, -0.05) is 25.1 Å². The van der Waals surface area contributed by atoms with Crippen molar-refractivity contribution in [1.82, 2.24) is 0 Å². The molecule has 6 heteroatoms. The number of nitrogens with one attached hydrogen (secondary N) is 2. The second-order valence-corrected chi connectivity index (χ2v) is 5.21. The van der Waals surface area contributed by atoms with E-state index in [9.17, 15) is 14.9 Å². The maximum atomic E-state index is 12.0. The number of benzene rings is 2. The topological polar surface area (TPSA) is 84.3 Å². The third-order valence-electron chi connectivity index (χ3n) is 3.49. The van der Waals surface area contributed by atoms with E-state index in [0.717, 1.165) is 23.2 Å². The van der Waals surface area contributed by atoms with Gasteiger partial charge in [-0.3, -0.25) is 14.9 Å². The Kier molecular flexibility index (Phi) is 5.30. The molecule has 2 rings (SSSR count). The Balaban J connectivity index is 1.99. The molecule has 120 valence electrons. The zero-order chi connectivity index (χ0) is 16.8. The summed E-state index contributed by atoms with van der Waals surface area (Å²) in [5.74, 6) is -0.204. The van der Waals surface area contributed by atoms with E-state index < -0.39 is 4.92 Å². The number of hydrogen-bond donors (Lipinski definition) is 2. The standard InChI is InChI=1S/C17H19N3O3/c1-3-13-5-4-6-14(9-13)19-17(21)11-18-16-10-15(20(22)23)8-7-12(16)2/h4-10,18H,3,11H2,1-2H3,(H,19,21). The van der Waals surface area contributed by atoms with Gasteiger partial charge < -0.3 is 10.6 Å². The van der Waals surface area contributed by atoms with E-state index in [1.807, 2.05) is 38.1 Å². The van der Waals surface area contributed by atoms with Crippen molar-refractivity contribution in [2.75, 3.05) is 17.2 Å². The van der Waals surface area contributed by atoms with Gasteiger partial charge in [0.2, 0.25) is 5.91 Å². The van der Waals surface area contributed by atoms with Crippen LogP contribution in [0.1, 0.15) is 18.1 Å². The fourth-order valence-electron chi connectivity index (χ4n) is 2.16. The summed E-state index contributed by atoms with van der Waals surface area (Å²) in [6.07, 6.45) is 0.898. The minimum Gasteiger partial charge on any atom is -0.376 e. The van der Waals surface area contributed by atoms with E-state index >= 15 is 0 Å². The molecule has 23 heavy (non-hydrogen) atoms. The summed E-state index contributed by atoms with van der Waals surface area (Å²) in [6, 6.07) is 12.2. The van der Waals surface area contributed by atoms with Gasteiger partial charge in [0.15, 0.2) is 0 Å². The Hall–Kier alpha value is -2.89. The predicted molar refractivity (Wildman–Crippen MR) is 90.8 cm³/mol. The van der Waals surface area contributed by atoms with E-state index in [1.54, 1.807) is 6.07 Å². The van der Waals surface area contributed by atoms with Crippen LogP contribution in [0.15, 0.2) is 42.5 Å². The van der Waals surface area contributed by atoms with Crippen LogP contribution in [-0.4, -0.2) is 17.4 Å². The zero-order valence-electron chi connectivity index (χ0n) is 13.1. The number of nitrogens with zero attached hydrogens (tertiary/aromatic N) is 1. The van der Waals surface area contributed by atoms with Crippen molar-refractivity contribution in [2.24, 2.45) is 0 Å². The normalized spacial score (nSPS) is 10.2. The second kappa shape index (κ2) is 7.40. The molecule has 0 aliphatic carbocycles. The first-order valence-electron chi connectivity index (χ1n) is 7.37. The van der Waals surface area contributed by atoms with Crippen molar-refractivity contribution < 1.29 is 9.72 Å². The van der Waals surface area contributed by atoms with Crippen molar-refractivity contribution >= 4 is 23.0 Å². The van der Waals surface area contributed by atoms with Gasteiger partial charge in [0.1, 0.15) is 0 Å². The zero-order valence-corrected chi connectivity index (χ0v) is 13.1. The molecule has 2 aromatic rings. The maximum absolute atomic E-state index is 12.0. The summed E-state index contributed by atoms with van der Waals surface area (Å²) in [6.45, 7) is 3.92. The first-order valence-corrected chi connectivity index (χ1v) is 7.37. The lowest BCUT2D eigenvalue weighted by Gasteiger charge is -2.10. The van der Waals surface area contributed by atoms with Crippen LogP contribution in [0.3, 0.4) is 0 Å². The fourth-order valence-corrected chi connectivity index (χ4v) is 2.16. The van der Waals surface area contributed by atoms with Gasteiger partial charge in [-0.25, -0.2) is 0 Å². The van der Waals surface area contributed by atoms with Crippen LogP contribution >= 0.6 is 0 Å². The molecule has 0 radical (unpaired) electrons. The van der Waals surface area contributed by atoms with Gasteiger partial charge in [0, 0.05) is 23.5 Å². The SMILES string of the molecule is CCc1cccc(NC(=O)CNc2cc([N+](=O)[O-])ccc2C)c1. The number of anilines is 2. The van der Waals surface area contributed by atoms with Gasteiger partial charge in [-0.2, -0.15) is 0 Å². The molecule has 0 atom stereocenters. The lowest BCUT2D eigenvalue weighted by atomic mass is 10.1. The average molecular weight is 313 g/mol. The van der Waals surface area contributed by atoms with Crippen molar-refractivity contribution in [2.45, 2.75) is 20.3 Å². The van der Waals surface area contributed by atoms with Crippen molar-refractivity contribution in [1.29, 1.82) is 0 Å². The van der Waals surface area contributed by atoms with Crippen molar-refractivity contribution in [3.8, 4) is 0 Å². The van der Waals surface area contributed by atoms with Gasteiger partial charge >= 0.3 is 0 Å². The number of aryl methyl sites for hydroxylation is 2. The number of amides is 1. The summed E-state index contributed by atoms with van der Waals surface area (Å²) in [5, 5.41) is 16.6. The minimum absolute atomic E-state index is 0.00541. The summed E-state index contributed by atoms with van der Waals surface area (Å²) in [5.41, 5.74) is 3.30. The number of nitro groups is 1. The van der Waals surface area contributed by atoms with Crippen LogP contribution < -0.4 is 10.6 Å². The van der Waals surface area contributed by atoms with Gasteiger partial charge in [-0.15, -0.1) is 0 Å². The summed E-state index contributed by atoms with van der Waals surface area (Å²) >= 11 is 0. The average Bonchev–Trinajstić information content (AvgIpc) is 2.54. The van der Waals surface area contributed by atoms with Crippen LogP contribution in [0, 0.1) is 17.0 Å². The predicted octanol–water partition coefficient (Wildman–Crippen LogP) is 3.52. The lowest BCUT2D eigenvalue weighted by Crippen LogP contribution is -2.22. The molecule has 0 saturated carbocycles. The molecule has 0 aromatic heterocycles. The van der Waals surface area contributed by atoms with Gasteiger partial charge in [0.05, 0.1) is 11.5 Å². The Bertz CT molecular complexity index is 729. The smallest absolute Gasteiger partial charge is 0.271 e. The van der Waals surface area contributed by atoms with Gasteiger partial charge in [0.25, 0.3) is 5.69 Å². The number of rotatable bonds is 6. The number of carbonyl (C=O) groups excluding carboxylic acids is 1. The Morgan fingerprint density at radius 3 is 2.70 bits per heavy atom. The maximum Gasteiger partial charge on any atom is 0.271 e. The van der Waals surface area contributed by atoms with Crippen LogP contribution in [-0.2, 0) is 11.2 Å². The molecular formula is C17H19N3O3. The molecule has 0 bridgehead atoms. The molecule has 2 N–H and O–H groups in total. The molecule has 0 saturated heterocycles. The van der Waals surface area contributed by atoms with Crippen molar-refractivity contribution in [3.63, 3.8) is 0 Å². The molecule has 6 nitrogen and oxygen atoms in total. The Morgan fingerprint density at radius 1 is 1.22 bits per heavy atom. The first-order chi connectivity index (χ1) is 11.0. The minimum atomic E-state index is -0.457. The third-order valence-corrected chi connectivity index (χ3v) is 3.49. The fraction of sp³-hybridized carbons (Fsp3) is 0.235. The van der Waals surface area contributed by atoms with Gasteiger partial charge in [-0.05, 0) is 36.6 Å². The Labute approximate surface area is 134 Å². The highest BCUT2D eigenvalue weighted by Crippen LogP contribution is 2.21. The largest absolute Gasteiger partial charge is 0.376 e. The third kappa shape index (κ3) is 4.54. The highest BCUT2D eigenvalue weighted by Gasteiger charge is 2.10. The monoisotopic (exact) mass is 313 g/mol. The summed E-state index contributed by atoms with van der Waals surface area (Å²) in [4.78, 5) is 22.4. The molecule has 0 fully saturated rings. The summed E-state index contributed by atoms with van der Waals surface area (Å²) < 4.78 is 0. The second-order valence-electron chi connectivity index (χ2n) is 5.21. The molecule has 0 aliphatic rings. The summed E-state index contributed by atoms with van der Waals surface area (Å²) in [7, 11) is 0. The Morgan fingerprint density at radius 2 is 2.00 bits per heavy atom. The molecule has 2 aromatic carbocycles. The highest BCUT2D eigenvalue weighted by atomic mass is 16.6. The molecule has 0 spiro atoms.